The number of benzene rings is 4. The van der Waals surface area contributed by atoms with E-state index in [4.69, 9.17) is 46.3 Å². The van der Waals surface area contributed by atoms with Crippen LogP contribution in [0.3, 0.4) is 0 Å². The maximum Gasteiger partial charge on any atom is 0.240 e. The highest BCUT2D eigenvalue weighted by Crippen LogP contribution is 2.41. The molecule has 0 saturated carbocycles. The van der Waals surface area contributed by atoms with Crippen LogP contribution in [0.25, 0.3) is 21.8 Å². The molecule has 4 aromatic carbocycles. The molecule has 0 bridgehead atoms. The normalized spacial score (nSPS) is 18.5. The topological polar surface area (TPSA) is 167 Å². The number of carbonyl (C=O) groups excluding carboxylic acids is 4. The summed E-state index contributed by atoms with van der Waals surface area (Å²) in [6.45, 7) is 0. The van der Waals surface area contributed by atoms with Crippen LogP contribution in [0.5, 0.6) is 0 Å². The van der Waals surface area contributed by atoms with E-state index in [1.165, 1.54) is 15.8 Å². The van der Waals surface area contributed by atoms with Crippen LogP contribution in [-0.4, -0.2) is 61.7 Å². The average Bonchev–Trinajstić information content (AvgIpc) is 3.76. The Kier molecular flexibility index (Phi) is 13.1. The summed E-state index contributed by atoms with van der Waals surface area (Å²) in [4.78, 5) is 54.5. The van der Waals surface area contributed by atoms with E-state index >= 15 is 0 Å². The van der Waals surface area contributed by atoms with Gasteiger partial charge in [0.2, 0.25) is 23.0 Å². The second-order valence-corrected chi connectivity index (χ2v) is 13.6. The fraction of sp³-hybridized carbons (Fsp3) is 0.200. The molecular formula is C40H38Cl3FN6O4. The van der Waals surface area contributed by atoms with E-state index in [-0.39, 0.29) is 40.4 Å². The van der Waals surface area contributed by atoms with Crippen molar-refractivity contribution in [1.82, 2.24) is 20.2 Å². The first kappa shape index (κ1) is 40.0. The first-order valence-corrected chi connectivity index (χ1v) is 18.3. The lowest BCUT2D eigenvalue weighted by Gasteiger charge is -2.40. The molecule has 14 heteroatoms. The van der Waals surface area contributed by atoms with Gasteiger partial charge in [-0.05, 0) is 52.4 Å². The molecule has 2 aliphatic heterocycles. The summed E-state index contributed by atoms with van der Waals surface area (Å²) in [5.74, 6) is -1.45. The van der Waals surface area contributed by atoms with Gasteiger partial charge in [0.15, 0.2) is 0 Å². The van der Waals surface area contributed by atoms with Crippen molar-refractivity contribution in [2.24, 2.45) is 11.5 Å². The Balaban J connectivity index is 0.000000184. The predicted octanol–water partition coefficient (Wildman–Crippen LogP) is 6.13. The Morgan fingerprint density at radius 1 is 0.648 bits per heavy atom. The van der Waals surface area contributed by atoms with Gasteiger partial charge >= 0.3 is 0 Å². The number of carbonyl (C=O) groups is 4. The number of nitrogens with zero attached hydrogens (tertiary/aromatic N) is 1. The summed E-state index contributed by atoms with van der Waals surface area (Å²) >= 11 is 15.4. The average molecular weight is 792 g/mol. The largest absolute Gasteiger partial charge is 0.368 e. The SMILES string of the molecule is F.NC(=O)[C@@H]1Cc2c([nH]c3ccccc23)C(c2ccccc2)N1.NC(=O)[C@@H]1Cc2c([nH]c3ccccc23)C(c2ccccc2)N1C(=O)CCl.O=C(Cl)CCl. The molecule has 54 heavy (non-hydrogen) atoms. The standard InChI is InChI=1S/C20H18ClN3O2.C18H17N3O.C2H2Cl2O.FH/c21-11-17(25)24-16(20(22)26)10-14-13-8-4-5-9-15(13)23-18(14)19(24)12-6-2-1-3-7-12;19-18(22)15-10-13-12-8-4-5-9-14(12)20-17(13)16(21-15)11-6-2-1-3-7-11;3-1-2(4)5;/h1-9,16,19,23H,10-11H2,(H2,22,26);1-9,15-16,20-21H,10H2,(H2,19,22);1H2;1H/t16-,19?;15-,16?;;/m00../s1. The molecule has 8 rings (SSSR count). The van der Waals surface area contributed by atoms with E-state index in [2.05, 4.69) is 39.6 Å². The molecule has 0 saturated heterocycles. The molecule has 280 valence electrons. The van der Waals surface area contributed by atoms with E-state index in [1.807, 2.05) is 84.9 Å². The molecule has 4 atom stereocenters. The zero-order valence-corrected chi connectivity index (χ0v) is 31.1. The van der Waals surface area contributed by atoms with Gasteiger partial charge in [-0.1, -0.05) is 97.1 Å². The quantitative estimate of drug-likeness (QED) is 0.101. The molecule has 2 aliphatic rings. The molecule has 0 spiro atoms. The lowest BCUT2D eigenvalue weighted by Crippen LogP contribution is -2.54. The third-order valence-corrected chi connectivity index (χ3v) is 10.2. The van der Waals surface area contributed by atoms with Gasteiger partial charge in [-0.2, -0.15) is 0 Å². The van der Waals surface area contributed by atoms with E-state index < -0.39 is 23.2 Å². The van der Waals surface area contributed by atoms with Crippen molar-refractivity contribution in [3.63, 3.8) is 0 Å². The molecular weight excluding hydrogens is 754 g/mol. The lowest BCUT2D eigenvalue weighted by molar-refractivity contribution is -0.140. The van der Waals surface area contributed by atoms with Crippen molar-refractivity contribution in [2.75, 3.05) is 11.8 Å². The predicted molar refractivity (Wildman–Crippen MR) is 211 cm³/mol. The number of amides is 3. The molecule has 2 aromatic heterocycles. The summed E-state index contributed by atoms with van der Waals surface area (Å²) in [7, 11) is 0. The number of hydrogen-bond acceptors (Lipinski definition) is 5. The van der Waals surface area contributed by atoms with Crippen molar-refractivity contribution in [3.05, 3.63) is 143 Å². The molecule has 4 heterocycles. The number of alkyl halides is 2. The van der Waals surface area contributed by atoms with Gasteiger partial charge in [-0.15, -0.1) is 23.2 Å². The van der Waals surface area contributed by atoms with Gasteiger partial charge in [-0.25, -0.2) is 0 Å². The third kappa shape index (κ3) is 8.29. The smallest absolute Gasteiger partial charge is 0.240 e. The van der Waals surface area contributed by atoms with Crippen molar-refractivity contribution in [2.45, 2.75) is 37.0 Å². The van der Waals surface area contributed by atoms with E-state index in [9.17, 15) is 19.2 Å². The maximum absolute atomic E-state index is 12.7. The Morgan fingerprint density at radius 2 is 1.13 bits per heavy atom. The van der Waals surface area contributed by atoms with Crippen LogP contribution in [0, 0.1) is 0 Å². The van der Waals surface area contributed by atoms with Gasteiger partial charge in [0.05, 0.1) is 24.0 Å². The fourth-order valence-corrected chi connectivity index (χ4v) is 7.34. The van der Waals surface area contributed by atoms with E-state index in [0.29, 0.717) is 12.8 Å². The van der Waals surface area contributed by atoms with E-state index in [0.717, 1.165) is 44.5 Å². The number of para-hydroxylation sites is 2. The van der Waals surface area contributed by atoms with Gasteiger partial charge < -0.3 is 26.3 Å². The zero-order valence-electron chi connectivity index (χ0n) is 28.8. The summed E-state index contributed by atoms with van der Waals surface area (Å²) in [5.41, 5.74) is 19.6. The summed E-state index contributed by atoms with van der Waals surface area (Å²) in [6.07, 6.45) is 0.999. The zero-order chi connectivity index (χ0) is 37.6. The third-order valence-electron chi connectivity index (χ3n) is 9.47. The van der Waals surface area contributed by atoms with Crippen molar-refractivity contribution >= 4 is 79.6 Å². The molecule has 7 N–H and O–H groups in total. The highest BCUT2D eigenvalue weighted by Gasteiger charge is 2.42. The maximum atomic E-state index is 12.7. The van der Waals surface area contributed by atoms with Crippen LogP contribution in [-0.2, 0) is 32.0 Å². The van der Waals surface area contributed by atoms with Gasteiger partial charge in [0, 0.05) is 39.6 Å². The number of aromatic amines is 2. The van der Waals surface area contributed by atoms with Crippen LogP contribution >= 0.6 is 34.8 Å². The number of aromatic nitrogens is 2. The lowest BCUT2D eigenvalue weighted by atomic mass is 9.87. The number of hydrogen-bond donors (Lipinski definition) is 5. The number of fused-ring (bicyclic) bond motifs is 6. The van der Waals surface area contributed by atoms with Crippen molar-refractivity contribution in [3.8, 4) is 0 Å². The highest BCUT2D eigenvalue weighted by atomic mass is 35.5. The molecule has 10 nitrogen and oxygen atoms in total. The Bertz CT molecular complexity index is 2270. The molecule has 2 unspecified atom stereocenters. The second-order valence-electron chi connectivity index (χ2n) is 12.7. The second kappa shape index (κ2) is 17.7. The van der Waals surface area contributed by atoms with Crippen LogP contribution in [0.4, 0.5) is 4.70 Å². The minimum atomic E-state index is -0.738. The minimum absolute atomic E-state index is 0. The van der Waals surface area contributed by atoms with Gasteiger partial charge in [0.1, 0.15) is 11.9 Å². The van der Waals surface area contributed by atoms with Gasteiger partial charge in [0.25, 0.3) is 0 Å². The van der Waals surface area contributed by atoms with E-state index in [1.54, 1.807) is 0 Å². The molecule has 0 radical (unpaired) electrons. The Labute approximate surface area is 325 Å². The summed E-state index contributed by atoms with van der Waals surface area (Å²) < 4.78 is 0. The fourth-order valence-electron chi connectivity index (χ4n) is 7.20. The molecule has 0 aliphatic carbocycles. The summed E-state index contributed by atoms with van der Waals surface area (Å²) in [5, 5.41) is 5.09. The van der Waals surface area contributed by atoms with Crippen molar-refractivity contribution in [1.29, 1.82) is 0 Å². The Hall–Kier alpha value is -5.20. The first-order valence-electron chi connectivity index (χ1n) is 16.9. The number of nitrogens with two attached hydrogens (primary N) is 2. The number of nitrogens with one attached hydrogen (secondary N) is 3. The monoisotopic (exact) mass is 790 g/mol. The van der Waals surface area contributed by atoms with Crippen molar-refractivity contribution < 1.29 is 23.9 Å². The van der Waals surface area contributed by atoms with Crippen LogP contribution in [0.1, 0.15) is 45.7 Å². The minimum Gasteiger partial charge on any atom is -0.368 e. The number of primary amides is 2. The summed E-state index contributed by atoms with van der Waals surface area (Å²) in [6, 6.07) is 34.3. The van der Waals surface area contributed by atoms with Crippen LogP contribution < -0.4 is 16.8 Å². The van der Waals surface area contributed by atoms with Crippen LogP contribution in [0.15, 0.2) is 109 Å². The highest BCUT2D eigenvalue weighted by molar-refractivity contribution is 6.67. The van der Waals surface area contributed by atoms with Gasteiger partial charge in [-0.3, -0.25) is 29.2 Å². The molecule has 3 amide bonds. The molecule has 0 fully saturated rings. The number of rotatable bonds is 6. The number of halogens is 4. The van der Waals surface area contributed by atoms with Crippen LogP contribution in [0.2, 0.25) is 0 Å². The first-order chi connectivity index (χ1) is 25.6. The molecule has 6 aromatic rings. The Morgan fingerprint density at radius 3 is 1.63 bits per heavy atom. The number of H-pyrrole nitrogens is 2.